The zero-order valence-electron chi connectivity index (χ0n) is 11.6. The minimum atomic E-state index is 0.408. The van der Waals surface area contributed by atoms with E-state index in [1.807, 2.05) is 0 Å². The maximum atomic E-state index is 6.01. The predicted molar refractivity (Wildman–Crippen MR) is 70.4 cm³/mol. The third-order valence-electron chi connectivity index (χ3n) is 3.19. The Hall–Kier alpha value is -0.160. The second-order valence-electron chi connectivity index (χ2n) is 4.92. The molecule has 0 bridgehead atoms. The molecule has 0 saturated carbocycles. The first-order chi connectivity index (χ1) is 8.26. The second kappa shape index (κ2) is 8.86. The van der Waals surface area contributed by atoms with Crippen molar-refractivity contribution in [3.05, 3.63) is 0 Å². The summed E-state index contributed by atoms with van der Waals surface area (Å²) in [6, 6.07) is 0. The van der Waals surface area contributed by atoms with Crippen molar-refractivity contribution in [1.29, 1.82) is 0 Å². The SMILES string of the molecule is CCCNCC1CCC(CN(C)CCOC)O1. The van der Waals surface area contributed by atoms with E-state index < -0.39 is 0 Å². The Labute approximate surface area is 106 Å². The van der Waals surface area contributed by atoms with Gasteiger partial charge in [-0.15, -0.1) is 0 Å². The summed E-state index contributed by atoms with van der Waals surface area (Å²) < 4.78 is 11.1. The Kier molecular flexibility index (Phi) is 7.77. The van der Waals surface area contributed by atoms with Crippen molar-refractivity contribution >= 4 is 0 Å². The number of nitrogens with one attached hydrogen (secondary N) is 1. The minimum absolute atomic E-state index is 0.408. The summed E-state index contributed by atoms with van der Waals surface area (Å²) in [5.41, 5.74) is 0. The molecule has 0 aromatic carbocycles. The van der Waals surface area contributed by atoms with E-state index in [1.54, 1.807) is 7.11 Å². The first kappa shape index (κ1) is 14.9. The molecule has 1 aliphatic rings. The molecule has 102 valence electrons. The number of nitrogens with zero attached hydrogens (tertiary/aromatic N) is 1. The number of hydrogen-bond acceptors (Lipinski definition) is 4. The van der Waals surface area contributed by atoms with Gasteiger partial charge in [0.05, 0.1) is 18.8 Å². The van der Waals surface area contributed by atoms with Gasteiger partial charge in [-0.05, 0) is 32.9 Å². The van der Waals surface area contributed by atoms with Crippen LogP contribution in [0, 0.1) is 0 Å². The molecule has 1 fully saturated rings. The third-order valence-corrected chi connectivity index (χ3v) is 3.19. The molecular formula is C13H28N2O2. The smallest absolute Gasteiger partial charge is 0.0707 e. The molecule has 0 radical (unpaired) electrons. The average Bonchev–Trinajstić information content (AvgIpc) is 2.74. The number of methoxy groups -OCH3 is 1. The fourth-order valence-corrected chi connectivity index (χ4v) is 2.19. The van der Waals surface area contributed by atoms with Gasteiger partial charge in [-0.1, -0.05) is 6.92 Å². The van der Waals surface area contributed by atoms with Crippen molar-refractivity contribution < 1.29 is 9.47 Å². The molecule has 1 heterocycles. The molecule has 2 unspecified atom stereocenters. The van der Waals surface area contributed by atoms with Crippen molar-refractivity contribution in [3.63, 3.8) is 0 Å². The zero-order valence-corrected chi connectivity index (χ0v) is 11.6. The van der Waals surface area contributed by atoms with Gasteiger partial charge in [0.15, 0.2) is 0 Å². The average molecular weight is 244 g/mol. The number of likely N-dealkylation sites (N-methyl/N-ethyl adjacent to an activating group) is 1. The Bertz CT molecular complexity index is 190. The summed E-state index contributed by atoms with van der Waals surface area (Å²) in [5, 5.41) is 3.43. The summed E-state index contributed by atoms with van der Waals surface area (Å²) in [4.78, 5) is 2.29. The number of ether oxygens (including phenoxy) is 2. The van der Waals surface area contributed by atoms with Gasteiger partial charge < -0.3 is 19.7 Å². The van der Waals surface area contributed by atoms with Crippen LogP contribution in [0.4, 0.5) is 0 Å². The molecule has 1 rings (SSSR count). The Balaban J connectivity index is 2.08. The second-order valence-corrected chi connectivity index (χ2v) is 4.92. The highest BCUT2D eigenvalue weighted by atomic mass is 16.5. The fourth-order valence-electron chi connectivity index (χ4n) is 2.19. The molecule has 1 saturated heterocycles. The fraction of sp³-hybridized carbons (Fsp3) is 1.00. The standard InChI is InChI=1S/C13H28N2O2/c1-4-7-14-10-12-5-6-13(17-12)11-15(2)8-9-16-3/h12-14H,4-11H2,1-3H3. The van der Waals surface area contributed by atoms with Crippen molar-refractivity contribution in [1.82, 2.24) is 10.2 Å². The van der Waals surface area contributed by atoms with E-state index in [9.17, 15) is 0 Å². The quantitative estimate of drug-likeness (QED) is 0.616. The van der Waals surface area contributed by atoms with Crippen molar-refractivity contribution in [2.45, 2.75) is 38.4 Å². The van der Waals surface area contributed by atoms with Gasteiger partial charge in [0, 0.05) is 26.7 Å². The molecule has 17 heavy (non-hydrogen) atoms. The monoisotopic (exact) mass is 244 g/mol. The lowest BCUT2D eigenvalue weighted by Gasteiger charge is -2.21. The highest BCUT2D eigenvalue weighted by Gasteiger charge is 2.25. The molecule has 4 nitrogen and oxygen atoms in total. The third kappa shape index (κ3) is 6.36. The van der Waals surface area contributed by atoms with Crippen LogP contribution >= 0.6 is 0 Å². The van der Waals surface area contributed by atoms with Crippen LogP contribution in [0.1, 0.15) is 26.2 Å². The van der Waals surface area contributed by atoms with E-state index in [0.29, 0.717) is 12.2 Å². The van der Waals surface area contributed by atoms with Crippen molar-refractivity contribution in [2.75, 3.05) is 46.9 Å². The topological polar surface area (TPSA) is 33.7 Å². The van der Waals surface area contributed by atoms with E-state index in [2.05, 4.69) is 24.2 Å². The first-order valence-electron chi connectivity index (χ1n) is 6.80. The lowest BCUT2D eigenvalue weighted by molar-refractivity contribution is 0.0242. The Morgan fingerprint density at radius 3 is 2.82 bits per heavy atom. The van der Waals surface area contributed by atoms with Gasteiger partial charge >= 0.3 is 0 Å². The summed E-state index contributed by atoms with van der Waals surface area (Å²) in [6.07, 6.45) is 4.40. The van der Waals surface area contributed by atoms with Crippen LogP contribution in [0.2, 0.25) is 0 Å². The van der Waals surface area contributed by atoms with Crippen LogP contribution in [-0.4, -0.2) is 64.1 Å². The molecule has 0 aromatic heterocycles. The van der Waals surface area contributed by atoms with E-state index >= 15 is 0 Å². The molecule has 2 atom stereocenters. The van der Waals surface area contributed by atoms with Crippen molar-refractivity contribution in [3.8, 4) is 0 Å². The van der Waals surface area contributed by atoms with Gasteiger partial charge in [-0.25, -0.2) is 0 Å². The van der Waals surface area contributed by atoms with Gasteiger partial charge in [0.25, 0.3) is 0 Å². The van der Waals surface area contributed by atoms with E-state index in [1.165, 1.54) is 19.3 Å². The highest BCUT2D eigenvalue weighted by Crippen LogP contribution is 2.19. The summed E-state index contributed by atoms with van der Waals surface area (Å²) >= 11 is 0. The summed E-state index contributed by atoms with van der Waals surface area (Å²) in [7, 11) is 3.88. The van der Waals surface area contributed by atoms with Gasteiger partial charge in [0.1, 0.15) is 0 Å². The maximum Gasteiger partial charge on any atom is 0.0707 e. The van der Waals surface area contributed by atoms with Gasteiger partial charge in [-0.3, -0.25) is 0 Å². The molecule has 0 aliphatic carbocycles. The molecule has 1 aliphatic heterocycles. The number of rotatable bonds is 9. The van der Waals surface area contributed by atoms with Crippen molar-refractivity contribution in [2.24, 2.45) is 0 Å². The van der Waals surface area contributed by atoms with Gasteiger partial charge in [-0.2, -0.15) is 0 Å². The summed E-state index contributed by atoms with van der Waals surface area (Å²) in [6.45, 7) is 7.09. The highest BCUT2D eigenvalue weighted by molar-refractivity contribution is 4.77. The zero-order chi connectivity index (χ0) is 12.5. The Morgan fingerprint density at radius 2 is 2.12 bits per heavy atom. The lowest BCUT2D eigenvalue weighted by atomic mass is 10.2. The molecule has 0 amide bonds. The molecule has 0 aromatic rings. The van der Waals surface area contributed by atoms with E-state index in [-0.39, 0.29) is 0 Å². The van der Waals surface area contributed by atoms with Crippen LogP contribution in [0.5, 0.6) is 0 Å². The summed E-state index contributed by atoms with van der Waals surface area (Å²) in [5.74, 6) is 0. The van der Waals surface area contributed by atoms with Crippen LogP contribution in [0.3, 0.4) is 0 Å². The van der Waals surface area contributed by atoms with Crippen LogP contribution in [0.25, 0.3) is 0 Å². The van der Waals surface area contributed by atoms with Crippen LogP contribution in [-0.2, 0) is 9.47 Å². The van der Waals surface area contributed by atoms with Crippen LogP contribution in [0.15, 0.2) is 0 Å². The predicted octanol–water partition coefficient (Wildman–Crippen LogP) is 1.11. The lowest BCUT2D eigenvalue weighted by Crippen LogP contribution is -2.33. The number of hydrogen-bond donors (Lipinski definition) is 1. The van der Waals surface area contributed by atoms with E-state index in [0.717, 1.165) is 32.8 Å². The molecule has 0 spiro atoms. The first-order valence-corrected chi connectivity index (χ1v) is 6.80. The maximum absolute atomic E-state index is 6.01. The Morgan fingerprint density at radius 1 is 1.35 bits per heavy atom. The largest absolute Gasteiger partial charge is 0.383 e. The molecule has 1 N–H and O–H groups in total. The normalized spacial score (nSPS) is 24.7. The van der Waals surface area contributed by atoms with Crippen LogP contribution < -0.4 is 5.32 Å². The minimum Gasteiger partial charge on any atom is -0.383 e. The van der Waals surface area contributed by atoms with Gasteiger partial charge in [0.2, 0.25) is 0 Å². The molecule has 4 heteroatoms. The molecular weight excluding hydrogens is 216 g/mol. The van der Waals surface area contributed by atoms with E-state index in [4.69, 9.17) is 9.47 Å².